The molecule has 8 aromatic rings. The molecule has 20 nitrogen and oxygen atoms in total. The van der Waals surface area contributed by atoms with Gasteiger partial charge < -0.3 is 52.2 Å². The average molecular weight is 1150 g/mol. The van der Waals surface area contributed by atoms with Gasteiger partial charge in [-0.05, 0) is 108 Å². The lowest BCUT2D eigenvalue weighted by Crippen LogP contribution is -2.60. The second-order valence-electron chi connectivity index (χ2n) is 23.2. The van der Waals surface area contributed by atoms with Crippen molar-refractivity contribution in [3.63, 3.8) is 0 Å². The molecule has 1 spiro atoms. The number of ether oxygens (including phenoxy) is 1. The van der Waals surface area contributed by atoms with E-state index in [4.69, 9.17) is 32.1 Å². The summed E-state index contributed by atoms with van der Waals surface area (Å²) in [4.78, 5) is 67.2. The second kappa shape index (κ2) is 20.7. The number of nitrogen functional groups attached to an aromatic ring is 3. The SMILES string of the molecule is Cc1nnc2sc(C(=O)N3CCC4(CN(C(=O)OC(C)(C)C)C4)C3)c(N)c2c1C[n+]1nc(C)c(C[n+]2nc(C)c(C)c3c(N)c(C(=O)N[C@@H]4CCN(c5ccccc5)C4)sc32)c2c(N)c(C(=O)N[C@H]3CCN(c4ccccc4)C3)sc21. The second-order valence-corrected chi connectivity index (χ2v) is 26.2. The molecule has 4 fully saturated rings. The van der Waals surface area contributed by atoms with E-state index in [1.54, 1.807) is 4.90 Å². The molecule has 0 unspecified atom stereocenters. The summed E-state index contributed by atoms with van der Waals surface area (Å²) in [5.74, 6) is -0.697. The molecule has 12 rings (SSSR count). The monoisotopic (exact) mass is 1150 g/mol. The van der Waals surface area contributed by atoms with Crippen LogP contribution in [0.25, 0.3) is 30.6 Å². The van der Waals surface area contributed by atoms with E-state index in [0.717, 1.165) is 76.3 Å². The number of aryl methyl sites for hydroxylation is 4. The minimum atomic E-state index is -0.599. The maximum absolute atomic E-state index is 14.7. The molecular weight excluding hydrogens is 1080 g/mol. The molecule has 10 heterocycles. The van der Waals surface area contributed by atoms with Gasteiger partial charge in [-0.25, -0.2) is 4.79 Å². The van der Waals surface area contributed by atoms with Crippen LogP contribution in [0.2, 0.25) is 0 Å². The van der Waals surface area contributed by atoms with Crippen LogP contribution in [0.3, 0.4) is 0 Å². The van der Waals surface area contributed by atoms with Crippen LogP contribution in [-0.4, -0.2) is 124 Å². The fourth-order valence-electron chi connectivity index (χ4n) is 12.1. The summed E-state index contributed by atoms with van der Waals surface area (Å²) in [5, 5.41) is 28.1. The van der Waals surface area contributed by atoms with Crippen LogP contribution in [0, 0.1) is 33.1 Å². The topological polar surface area (TPSA) is 252 Å². The Bertz CT molecular complexity index is 3850. The molecule has 4 aliphatic heterocycles. The van der Waals surface area contributed by atoms with Crippen molar-refractivity contribution in [2.45, 2.75) is 98.5 Å². The number of thiophene rings is 3. The Kier molecular flexibility index (Phi) is 13.7. The third kappa shape index (κ3) is 9.95. The van der Waals surface area contributed by atoms with Crippen molar-refractivity contribution in [1.82, 2.24) is 40.8 Å². The maximum atomic E-state index is 14.7. The largest absolute Gasteiger partial charge is 0.444 e. The number of para-hydroxylation sites is 2. The molecule has 81 heavy (non-hydrogen) atoms. The standard InChI is InChI=1S/C58H65N15O5S3/c1-31-32(2)66-72(54-41(31)44(59)47(80-54)50(74)62-35-18-21-68(24-35)37-14-10-8-11-15-37)27-40-34(4)67-73(55-43(40)46(61)48(81-55)51(75)63-36-19-22-69(25-36)38-16-12-9-13-17-38)26-39-33(3)64-65-52-42(39)45(60)49(79-52)53(76)70-23-20-58(28-70)29-71(30-58)56(77)78-57(5,6)7/h8-17,35-36H,18-30H2,1-7H3,(H6-2,59,60,61,62,63,74,75,76)/p+2/t35-,36+/m1/s1. The first-order valence-electron chi connectivity index (χ1n) is 27.5. The van der Waals surface area contributed by atoms with E-state index in [2.05, 4.69) is 54.9 Å². The fraction of sp³-hybridized carbons (Fsp3) is 0.414. The number of fused-ring (bicyclic) bond motifs is 3. The van der Waals surface area contributed by atoms with Crippen LogP contribution in [0.15, 0.2) is 60.7 Å². The summed E-state index contributed by atoms with van der Waals surface area (Å²) in [6, 6.07) is 20.2. The van der Waals surface area contributed by atoms with Gasteiger partial charge in [-0.3, -0.25) is 14.4 Å². The third-order valence-corrected chi connectivity index (χ3v) is 19.9. The van der Waals surface area contributed by atoms with Crippen LogP contribution in [0.5, 0.6) is 0 Å². The number of rotatable bonds is 11. The van der Waals surface area contributed by atoms with Gasteiger partial charge in [0, 0.05) is 86.6 Å². The number of carbonyl (C=O) groups is 4. The number of nitrogens with zero attached hydrogens (tertiary/aromatic N) is 10. The first kappa shape index (κ1) is 53.9. The predicted molar refractivity (Wildman–Crippen MR) is 317 cm³/mol. The van der Waals surface area contributed by atoms with E-state index in [-0.39, 0.29) is 54.4 Å². The summed E-state index contributed by atoms with van der Waals surface area (Å²) in [7, 11) is 0. The molecule has 0 bridgehead atoms. The first-order valence-corrected chi connectivity index (χ1v) is 29.9. The summed E-state index contributed by atoms with van der Waals surface area (Å²) >= 11 is 3.79. The third-order valence-electron chi connectivity index (χ3n) is 16.4. The highest BCUT2D eigenvalue weighted by atomic mass is 32.1. The number of hydrogen-bond donors (Lipinski definition) is 5. The number of amides is 4. The lowest BCUT2D eigenvalue weighted by molar-refractivity contribution is -0.725. The van der Waals surface area contributed by atoms with E-state index in [0.29, 0.717) is 103 Å². The number of carbonyl (C=O) groups excluding carboxylic acids is 4. The fourth-order valence-corrected chi connectivity index (χ4v) is 15.4. The van der Waals surface area contributed by atoms with Crippen molar-refractivity contribution in [3.8, 4) is 0 Å². The van der Waals surface area contributed by atoms with Crippen LogP contribution >= 0.6 is 34.0 Å². The van der Waals surface area contributed by atoms with Crippen LogP contribution < -0.4 is 47.0 Å². The van der Waals surface area contributed by atoms with Gasteiger partial charge in [0.2, 0.25) is 13.1 Å². The van der Waals surface area contributed by atoms with Gasteiger partial charge in [-0.2, -0.15) is 5.10 Å². The molecule has 4 saturated heterocycles. The van der Waals surface area contributed by atoms with Crippen molar-refractivity contribution >= 4 is 117 Å². The number of nitrogens with two attached hydrogens (primary N) is 3. The molecule has 420 valence electrons. The maximum Gasteiger partial charge on any atom is 0.410 e. The highest BCUT2D eigenvalue weighted by Gasteiger charge is 2.51. The van der Waals surface area contributed by atoms with Gasteiger partial charge in [0.05, 0.1) is 44.7 Å². The molecule has 2 atom stereocenters. The van der Waals surface area contributed by atoms with Crippen molar-refractivity contribution in [1.29, 1.82) is 0 Å². The predicted octanol–water partition coefficient (Wildman–Crippen LogP) is 6.66. The number of nitrogens with one attached hydrogen (secondary N) is 2. The van der Waals surface area contributed by atoms with Crippen LogP contribution in [0.1, 0.15) is 103 Å². The molecule has 0 saturated carbocycles. The average Bonchev–Trinajstić information content (AvgIpc) is 3.72. The number of aromatic nitrogens is 6. The minimum Gasteiger partial charge on any atom is -0.444 e. The number of benzene rings is 2. The van der Waals surface area contributed by atoms with Crippen molar-refractivity contribution in [2.75, 3.05) is 79.4 Å². The van der Waals surface area contributed by atoms with Gasteiger partial charge in [0.25, 0.3) is 27.4 Å². The normalized spacial score (nSPS) is 18.0. The molecule has 4 amide bonds. The Labute approximate surface area is 480 Å². The summed E-state index contributed by atoms with van der Waals surface area (Å²) in [6.07, 6.45) is 1.98. The van der Waals surface area contributed by atoms with E-state index in [1.807, 2.05) is 99.1 Å². The van der Waals surface area contributed by atoms with E-state index >= 15 is 0 Å². The molecular formula is C58H67N15O5S3+2. The summed E-state index contributed by atoms with van der Waals surface area (Å²) in [6.45, 7) is 18.6. The Balaban J connectivity index is 0.877. The zero-order valence-corrected chi connectivity index (χ0v) is 49.0. The minimum absolute atomic E-state index is 0.0576. The summed E-state index contributed by atoms with van der Waals surface area (Å²) < 4.78 is 9.33. The molecule has 4 aliphatic rings. The zero-order chi connectivity index (χ0) is 56.8. The Morgan fingerprint density at radius 1 is 0.642 bits per heavy atom. The van der Waals surface area contributed by atoms with Crippen LogP contribution in [0.4, 0.5) is 33.2 Å². The van der Waals surface area contributed by atoms with Gasteiger partial charge in [-0.15, -0.1) is 16.4 Å². The molecule has 0 aliphatic carbocycles. The highest BCUT2D eigenvalue weighted by Crippen LogP contribution is 2.44. The molecule has 8 N–H and O–H groups in total. The van der Waals surface area contributed by atoms with Gasteiger partial charge in [-0.1, -0.05) is 68.4 Å². The van der Waals surface area contributed by atoms with E-state index in [9.17, 15) is 19.2 Å². The van der Waals surface area contributed by atoms with Crippen molar-refractivity contribution < 1.29 is 33.3 Å². The van der Waals surface area contributed by atoms with E-state index < -0.39 is 5.60 Å². The molecule has 6 aromatic heterocycles. The number of hydrogen-bond acceptors (Lipinski definition) is 17. The van der Waals surface area contributed by atoms with Crippen molar-refractivity contribution in [2.24, 2.45) is 5.41 Å². The quantitative estimate of drug-likeness (QED) is 0.0850. The Hall–Kier alpha value is -7.76. The lowest BCUT2D eigenvalue weighted by atomic mass is 9.79. The van der Waals surface area contributed by atoms with E-state index in [1.165, 1.54) is 34.0 Å². The number of likely N-dealkylation sites (tertiary alicyclic amines) is 2. The smallest absolute Gasteiger partial charge is 0.410 e. The Morgan fingerprint density at radius 3 is 1.72 bits per heavy atom. The summed E-state index contributed by atoms with van der Waals surface area (Å²) in [5.41, 5.74) is 28.1. The van der Waals surface area contributed by atoms with Gasteiger partial charge in [0.15, 0.2) is 0 Å². The molecule has 0 radical (unpaired) electrons. The highest BCUT2D eigenvalue weighted by molar-refractivity contribution is 7.21. The van der Waals surface area contributed by atoms with Gasteiger partial charge >= 0.3 is 6.09 Å². The lowest BCUT2D eigenvalue weighted by Gasteiger charge is -2.47. The molecule has 2 aromatic carbocycles. The van der Waals surface area contributed by atoms with Gasteiger partial charge in [0.1, 0.15) is 36.5 Å². The zero-order valence-electron chi connectivity index (χ0n) is 46.6. The molecule has 23 heteroatoms. The first-order chi connectivity index (χ1) is 38.7. The van der Waals surface area contributed by atoms with Crippen LogP contribution in [-0.2, 0) is 17.8 Å². The van der Waals surface area contributed by atoms with Crippen molar-refractivity contribution in [3.05, 3.63) is 109 Å². The Morgan fingerprint density at radius 2 is 1.15 bits per heavy atom. The number of anilines is 5.